The van der Waals surface area contributed by atoms with Crippen LogP contribution in [0, 0.1) is 51.2 Å². The van der Waals surface area contributed by atoms with Gasteiger partial charge in [0.1, 0.15) is 0 Å². The van der Waals surface area contributed by atoms with E-state index in [2.05, 4.69) is 50.9 Å². The van der Waals surface area contributed by atoms with E-state index in [0.717, 1.165) is 44.3 Å². The first-order chi connectivity index (χ1) is 23.0. The summed E-state index contributed by atoms with van der Waals surface area (Å²) in [6.45, 7) is 17.9. The Labute approximate surface area is 295 Å². The second-order valence-corrected chi connectivity index (χ2v) is 20.9. The number of nitrogens with zero attached hydrogens (tertiary/aromatic N) is 1. The number of hydrogen-bond donors (Lipinski definition) is 3. The number of hydrogen-bond acceptors (Lipinski definition) is 6. The molecule has 0 aromatic heterocycles. The first kappa shape index (κ1) is 35.7. The van der Waals surface area contributed by atoms with Crippen molar-refractivity contribution in [1.29, 1.82) is 0 Å². The number of carbonyl (C=O) groups is 1. The van der Waals surface area contributed by atoms with Crippen LogP contribution >= 0.6 is 0 Å². The maximum absolute atomic E-state index is 12.0. The van der Waals surface area contributed by atoms with Gasteiger partial charge >= 0.3 is 5.97 Å². The lowest BCUT2D eigenvalue weighted by Gasteiger charge is -2.72. The zero-order valence-corrected chi connectivity index (χ0v) is 31.7. The summed E-state index contributed by atoms with van der Waals surface area (Å²) in [6.07, 6.45) is 12.8. The summed E-state index contributed by atoms with van der Waals surface area (Å²) in [4.78, 5) is 13.9. The Hall–Kier alpha value is -1.74. The smallest absolute Gasteiger partial charge is 0.335 e. The van der Waals surface area contributed by atoms with E-state index >= 15 is 0 Å². The molecule has 6 aliphatic rings. The Balaban J connectivity index is 1.14. The first-order valence-corrected chi connectivity index (χ1v) is 21.2. The van der Waals surface area contributed by atoms with Gasteiger partial charge in [-0.2, -0.15) is 0 Å². The molecule has 7 nitrogen and oxygen atoms in total. The maximum atomic E-state index is 12.0. The highest BCUT2D eigenvalue weighted by Gasteiger charge is 2.70. The summed E-state index contributed by atoms with van der Waals surface area (Å²) < 4.78 is 24.0. The van der Waals surface area contributed by atoms with Gasteiger partial charge in [0.05, 0.1) is 23.2 Å². The zero-order valence-electron chi connectivity index (χ0n) is 30.9. The molecule has 5 fully saturated rings. The number of benzene rings is 1. The number of aromatic carboxylic acids is 1. The summed E-state index contributed by atoms with van der Waals surface area (Å²) in [7, 11) is -2.88. The van der Waals surface area contributed by atoms with Gasteiger partial charge in [-0.1, -0.05) is 52.8 Å². The predicted octanol–water partition coefficient (Wildman–Crippen LogP) is 6.91. The predicted molar refractivity (Wildman–Crippen MR) is 196 cm³/mol. The number of carboxylic acid groups (broad SMARTS) is 1. The highest BCUT2D eigenvalue weighted by molar-refractivity contribution is 7.91. The van der Waals surface area contributed by atoms with E-state index < -0.39 is 15.8 Å². The van der Waals surface area contributed by atoms with Gasteiger partial charge < -0.3 is 20.4 Å². The lowest BCUT2D eigenvalue weighted by Crippen LogP contribution is -2.68. The van der Waals surface area contributed by atoms with Gasteiger partial charge in [0, 0.05) is 31.7 Å². The van der Waals surface area contributed by atoms with Gasteiger partial charge in [-0.05, 0) is 139 Å². The molecule has 1 aromatic carbocycles. The number of rotatable bonds is 7. The van der Waals surface area contributed by atoms with Gasteiger partial charge in [0.2, 0.25) is 0 Å². The molecule has 5 aliphatic carbocycles. The molecule has 3 N–H and O–H groups in total. The van der Waals surface area contributed by atoms with Crippen LogP contribution in [0.1, 0.15) is 115 Å². The molecular formula is C41H62N2O5S. The summed E-state index contributed by atoms with van der Waals surface area (Å²) >= 11 is 0. The second kappa shape index (κ2) is 12.2. The summed E-state index contributed by atoms with van der Waals surface area (Å²) in [5, 5.41) is 24.8. The highest BCUT2D eigenvalue weighted by atomic mass is 32.2. The molecule has 0 spiro atoms. The molecule has 1 aliphatic heterocycles. The van der Waals surface area contributed by atoms with Crippen molar-refractivity contribution in [1.82, 2.24) is 10.2 Å². The quantitative estimate of drug-likeness (QED) is 0.285. The van der Waals surface area contributed by atoms with Crippen LogP contribution in [0.25, 0.3) is 5.57 Å². The van der Waals surface area contributed by atoms with Crippen LogP contribution in [0.5, 0.6) is 0 Å². The molecular weight excluding hydrogens is 633 g/mol. The fraction of sp³-hybridized carbons (Fsp3) is 0.780. The van der Waals surface area contributed by atoms with E-state index in [4.69, 9.17) is 0 Å². The normalized spacial score (nSPS) is 43.3. The van der Waals surface area contributed by atoms with Crippen molar-refractivity contribution in [2.45, 2.75) is 111 Å². The Kier molecular flexibility index (Phi) is 8.85. The topological polar surface area (TPSA) is 107 Å². The van der Waals surface area contributed by atoms with Crippen molar-refractivity contribution in [2.75, 3.05) is 37.7 Å². The molecule has 49 heavy (non-hydrogen) atoms. The third kappa shape index (κ3) is 5.51. The van der Waals surface area contributed by atoms with Crippen molar-refractivity contribution >= 4 is 21.4 Å². The van der Waals surface area contributed by atoms with Gasteiger partial charge in [0.15, 0.2) is 9.84 Å². The Bertz CT molecular complexity index is 1570. The Morgan fingerprint density at radius 1 is 0.918 bits per heavy atom. The summed E-state index contributed by atoms with van der Waals surface area (Å²) in [5.41, 5.74) is 3.55. The van der Waals surface area contributed by atoms with Crippen LogP contribution in [-0.2, 0) is 9.84 Å². The van der Waals surface area contributed by atoms with Gasteiger partial charge in [-0.25, -0.2) is 13.2 Å². The Morgan fingerprint density at radius 2 is 1.61 bits per heavy atom. The molecule has 1 unspecified atom stereocenters. The van der Waals surface area contributed by atoms with E-state index in [1.54, 1.807) is 12.1 Å². The van der Waals surface area contributed by atoms with Crippen LogP contribution in [0.3, 0.4) is 0 Å². The standard InChI is InChI=1S/C41H62N2O5S/c1-27(44)30-13-18-41(42-21-22-43-23-25-49(47,48)26-24-43)20-19-39(5)32(35(30)41)11-12-34-38(4)16-14-31(28-7-9-29(10-8-28)36(45)46)37(2,3)33(38)15-17-40(34,39)6/h7-10,14,27,30,32-35,42,44H,11-13,15-26H2,1-6H3,(H,45,46)/t27?,30-,32+,33-,34+,35+,38-,39+,40+,41-/m0/s1. The zero-order chi connectivity index (χ0) is 35.2. The largest absolute Gasteiger partial charge is 0.478 e. The SMILES string of the molecule is CC(O)[C@@H]1CC[C@]2(NCCN3CCS(=O)(=O)CC3)CC[C@]3(C)[C@H](CC[C@@H]4[C@@]5(C)CC=C(c6ccc(C(=O)O)cc6)C(C)(C)[C@@H]5CC[C@]43C)[C@@H]12. The number of fused-ring (bicyclic) bond motifs is 7. The molecule has 0 radical (unpaired) electrons. The molecule has 10 atom stereocenters. The van der Waals surface area contributed by atoms with E-state index in [-0.39, 0.29) is 44.8 Å². The lowest BCUT2D eigenvalue weighted by molar-refractivity contribution is -0.222. The van der Waals surface area contributed by atoms with Gasteiger partial charge in [-0.15, -0.1) is 0 Å². The van der Waals surface area contributed by atoms with Crippen molar-refractivity contribution in [2.24, 2.45) is 51.2 Å². The molecule has 1 saturated heterocycles. The molecule has 8 heteroatoms. The monoisotopic (exact) mass is 694 g/mol. The van der Waals surface area contributed by atoms with Crippen LogP contribution < -0.4 is 5.32 Å². The minimum atomic E-state index is -2.88. The van der Waals surface area contributed by atoms with Crippen LogP contribution in [-0.4, -0.2) is 78.8 Å². The van der Waals surface area contributed by atoms with E-state index in [1.165, 1.54) is 37.7 Å². The van der Waals surface area contributed by atoms with E-state index in [0.29, 0.717) is 48.2 Å². The fourth-order valence-corrected chi connectivity index (χ4v) is 15.1. The van der Waals surface area contributed by atoms with Crippen LogP contribution in [0.15, 0.2) is 30.3 Å². The van der Waals surface area contributed by atoms with Crippen molar-refractivity contribution in [3.8, 4) is 0 Å². The number of sulfone groups is 1. The third-order valence-electron chi connectivity index (χ3n) is 16.5. The number of nitrogens with one attached hydrogen (secondary N) is 1. The molecule has 272 valence electrons. The third-order valence-corrected chi connectivity index (χ3v) is 18.1. The molecule has 7 rings (SSSR count). The first-order valence-electron chi connectivity index (χ1n) is 19.4. The fourth-order valence-electron chi connectivity index (χ4n) is 13.8. The molecule has 0 bridgehead atoms. The van der Waals surface area contributed by atoms with Crippen molar-refractivity contribution < 1.29 is 23.4 Å². The van der Waals surface area contributed by atoms with Crippen molar-refractivity contribution in [3.05, 3.63) is 41.5 Å². The average Bonchev–Trinajstić information content (AvgIpc) is 3.42. The summed E-state index contributed by atoms with van der Waals surface area (Å²) in [5.74, 6) is 2.22. The Morgan fingerprint density at radius 3 is 2.27 bits per heavy atom. The highest BCUT2D eigenvalue weighted by Crippen LogP contribution is 2.76. The van der Waals surface area contributed by atoms with E-state index in [1.807, 2.05) is 19.1 Å². The molecule has 1 aromatic rings. The van der Waals surface area contributed by atoms with Crippen molar-refractivity contribution in [3.63, 3.8) is 0 Å². The minimum Gasteiger partial charge on any atom is -0.478 e. The average molecular weight is 695 g/mol. The lowest BCUT2D eigenvalue weighted by atomic mass is 9.33. The number of aliphatic hydroxyl groups excluding tert-OH is 1. The number of carboxylic acids is 1. The minimum absolute atomic E-state index is 0.0100. The van der Waals surface area contributed by atoms with E-state index in [9.17, 15) is 23.4 Å². The second-order valence-electron chi connectivity index (χ2n) is 18.6. The number of allylic oxidation sites excluding steroid dienone is 2. The number of aliphatic hydroxyl groups is 1. The van der Waals surface area contributed by atoms with Crippen LogP contribution in [0.4, 0.5) is 0 Å². The van der Waals surface area contributed by atoms with Gasteiger partial charge in [0.25, 0.3) is 0 Å². The molecule has 1 heterocycles. The van der Waals surface area contributed by atoms with Crippen LogP contribution in [0.2, 0.25) is 0 Å². The summed E-state index contributed by atoms with van der Waals surface area (Å²) in [6, 6.07) is 7.53. The molecule has 0 amide bonds. The maximum Gasteiger partial charge on any atom is 0.335 e. The molecule has 4 saturated carbocycles. The van der Waals surface area contributed by atoms with Gasteiger partial charge in [-0.3, -0.25) is 0 Å².